The van der Waals surface area contributed by atoms with Crippen molar-refractivity contribution in [1.82, 2.24) is 0 Å². The highest BCUT2D eigenvalue weighted by Gasteiger charge is 2.36. The molecule has 0 N–H and O–H groups in total. The lowest BCUT2D eigenvalue weighted by Crippen LogP contribution is -2.34. The van der Waals surface area contributed by atoms with Crippen molar-refractivity contribution in [2.45, 2.75) is 40.2 Å². The number of carbonyl (C=O) groups excluding carboxylic acids is 1. The van der Waals surface area contributed by atoms with Gasteiger partial charge in [0.25, 0.3) is 0 Å². The van der Waals surface area contributed by atoms with Crippen LogP contribution in [0.1, 0.15) is 34.6 Å². The second-order valence-corrected chi connectivity index (χ2v) is 5.15. The van der Waals surface area contributed by atoms with Crippen LogP contribution < -0.4 is 0 Å². The zero-order valence-electron chi connectivity index (χ0n) is 9.72. The summed E-state index contributed by atoms with van der Waals surface area (Å²) in [4.78, 5) is 15.2. The molecule has 0 aromatic heterocycles. The summed E-state index contributed by atoms with van der Waals surface area (Å²) in [5, 5.41) is 0. The summed E-state index contributed by atoms with van der Waals surface area (Å²) in [6, 6.07) is 0. The van der Waals surface area contributed by atoms with Gasteiger partial charge in [0.1, 0.15) is 11.3 Å². The third kappa shape index (κ3) is 2.88. The fourth-order valence-corrected chi connectivity index (χ4v) is 1.28. The number of aliphatic imine (C=N–C) groups is 1. The highest BCUT2D eigenvalue weighted by Crippen LogP contribution is 2.30. The number of hydrogen-bond donors (Lipinski definition) is 0. The number of rotatable bonds is 1. The van der Waals surface area contributed by atoms with Crippen LogP contribution in [0.4, 0.5) is 4.39 Å². The van der Waals surface area contributed by atoms with Crippen molar-refractivity contribution in [3.8, 4) is 0 Å². The van der Waals surface area contributed by atoms with Gasteiger partial charge in [-0.1, -0.05) is 13.8 Å². The molecule has 0 bridgehead atoms. The van der Waals surface area contributed by atoms with Crippen molar-refractivity contribution >= 4 is 11.7 Å². The Morgan fingerprint density at radius 2 is 2.00 bits per heavy atom. The largest absolute Gasteiger partial charge is 0.455 e. The Morgan fingerprint density at radius 3 is 2.33 bits per heavy atom. The van der Waals surface area contributed by atoms with Crippen LogP contribution in [0.25, 0.3) is 0 Å². The molecule has 1 rings (SSSR count). The van der Waals surface area contributed by atoms with E-state index in [1.165, 1.54) is 6.08 Å². The van der Waals surface area contributed by atoms with Crippen molar-refractivity contribution in [2.75, 3.05) is 0 Å². The molecule has 0 aliphatic carbocycles. The third-order valence-electron chi connectivity index (χ3n) is 1.90. The summed E-state index contributed by atoms with van der Waals surface area (Å²) in [7, 11) is 0. The van der Waals surface area contributed by atoms with E-state index in [1.54, 1.807) is 34.6 Å². The van der Waals surface area contributed by atoms with Gasteiger partial charge in [0.05, 0.1) is 0 Å². The lowest BCUT2D eigenvalue weighted by atomic mass is 9.89. The van der Waals surface area contributed by atoms with Crippen molar-refractivity contribution in [3.05, 3.63) is 12.0 Å². The van der Waals surface area contributed by atoms with Gasteiger partial charge in [0.15, 0.2) is 0 Å². The number of ether oxygens (including phenoxy) is 1. The van der Waals surface area contributed by atoms with Gasteiger partial charge in [0, 0.05) is 5.41 Å². The van der Waals surface area contributed by atoms with Gasteiger partial charge in [-0.15, -0.1) is 0 Å². The molecule has 1 aliphatic heterocycles. The number of hydrogen-bond acceptors (Lipinski definition) is 3. The molecule has 0 atom stereocenters. The average Bonchev–Trinajstić information content (AvgIpc) is 2.20. The molecule has 0 unspecified atom stereocenters. The monoisotopic (exact) mass is 213 g/mol. The summed E-state index contributed by atoms with van der Waals surface area (Å²) in [6.45, 7) is 8.73. The zero-order chi connectivity index (χ0) is 11.9. The molecule has 0 saturated carbocycles. The van der Waals surface area contributed by atoms with Crippen LogP contribution in [-0.4, -0.2) is 17.3 Å². The molecule has 84 valence electrons. The van der Waals surface area contributed by atoms with E-state index in [0.29, 0.717) is 0 Å². The van der Waals surface area contributed by atoms with E-state index in [-0.39, 0.29) is 5.71 Å². The Balaban J connectivity index is 2.84. The molecule has 0 amide bonds. The topological polar surface area (TPSA) is 38.7 Å². The Hall–Kier alpha value is -1.19. The molecule has 0 spiro atoms. The smallest absolute Gasteiger partial charge is 0.354 e. The van der Waals surface area contributed by atoms with Crippen LogP contribution in [0.15, 0.2) is 17.0 Å². The SMILES string of the molecule is CC(C)(C)OC(=O)C1=NC(F)=CC1(C)C. The predicted molar refractivity (Wildman–Crippen MR) is 56.3 cm³/mol. The first-order valence-corrected chi connectivity index (χ1v) is 4.83. The van der Waals surface area contributed by atoms with Crippen LogP contribution in [0.3, 0.4) is 0 Å². The molecular formula is C11H16FNO2. The molecule has 0 fully saturated rings. The van der Waals surface area contributed by atoms with Crippen molar-refractivity contribution in [3.63, 3.8) is 0 Å². The van der Waals surface area contributed by atoms with Crippen LogP contribution in [-0.2, 0) is 9.53 Å². The van der Waals surface area contributed by atoms with Gasteiger partial charge < -0.3 is 4.74 Å². The van der Waals surface area contributed by atoms with Crippen molar-refractivity contribution < 1.29 is 13.9 Å². The number of halogens is 1. The summed E-state index contributed by atoms with van der Waals surface area (Å²) in [5.41, 5.74) is -1.16. The fourth-order valence-electron chi connectivity index (χ4n) is 1.28. The quantitative estimate of drug-likeness (QED) is 0.496. The van der Waals surface area contributed by atoms with E-state index in [9.17, 15) is 9.18 Å². The first-order valence-electron chi connectivity index (χ1n) is 4.83. The zero-order valence-corrected chi connectivity index (χ0v) is 9.72. The lowest BCUT2D eigenvalue weighted by molar-refractivity contribution is -0.146. The maximum atomic E-state index is 12.9. The molecule has 0 aromatic carbocycles. The second-order valence-electron chi connectivity index (χ2n) is 5.15. The second kappa shape index (κ2) is 3.43. The van der Waals surface area contributed by atoms with Crippen LogP contribution in [0.2, 0.25) is 0 Å². The number of allylic oxidation sites excluding steroid dienone is 1. The molecule has 0 saturated heterocycles. The van der Waals surface area contributed by atoms with Gasteiger partial charge in [0.2, 0.25) is 5.95 Å². The Morgan fingerprint density at radius 1 is 1.47 bits per heavy atom. The minimum atomic E-state index is -0.688. The molecule has 0 radical (unpaired) electrons. The van der Waals surface area contributed by atoms with Gasteiger partial charge >= 0.3 is 5.97 Å². The van der Waals surface area contributed by atoms with E-state index >= 15 is 0 Å². The minimum absolute atomic E-state index is 0.120. The fraction of sp³-hybridized carbons (Fsp3) is 0.636. The minimum Gasteiger partial charge on any atom is -0.455 e. The summed E-state index contributed by atoms with van der Waals surface area (Å²) in [5.74, 6) is -1.18. The van der Waals surface area contributed by atoms with Crippen LogP contribution in [0, 0.1) is 5.41 Å². The molecule has 3 nitrogen and oxygen atoms in total. The highest BCUT2D eigenvalue weighted by molar-refractivity contribution is 6.39. The van der Waals surface area contributed by atoms with E-state index in [1.807, 2.05) is 0 Å². The van der Waals surface area contributed by atoms with Crippen LogP contribution >= 0.6 is 0 Å². The highest BCUT2D eigenvalue weighted by atomic mass is 19.1. The molecule has 15 heavy (non-hydrogen) atoms. The predicted octanol–water partition coefficient (Wildman–Crippen LogP) is 2.62. The third-order valence-corrected chi connectivity index (χ3v) is 1.90. The molecule has 1 heterocycles. The van der Waals surface area contributed by atoms with Gasteiger partial charge in [-0.3, -0.25) is 0 Å². The standard InChI is InChI=1S/C11H16FNO2/c1-10(2,3)15-9(14)8-11(4,5)6-7(12)13-8/h6H,1-5H3. The average molecular weight is 213 g/mol. The van der Waals surface area contributed by atoms with Crippen molar-refractivity contribution in [1.29, 1.82) is 0 Å². The maximum Gasteiger partial charge on any atom is 0.354 e. The van der Waals surface area contributed by atoms with Gasteiger partial charge in [-0.2, -0.15) is 4.39 Å². The maximum absolute atomic E-state index is 12.9. The first-order chi connectivity index (χ1) is 6.62. The Bertz CT molecular complexity index is 348. The molecule has 4 heteroatoms. The van der Waals surface area contributed by atoms with Gasteiger partial charge in [-0.25, -0.2) is 9.79 Å². The summed E-state index contributed by atoms with van der Waals surface area (Å²) in [6.07, 6.45) is 1.31. The Kier molecular flexibility index (Phi) is 2.72. The van der Waals surface area contributed by atoms with Gasteiger partial charge in [-0.05, 0) is 26.8 Å². The number of carbonyl (C=O) groups is 1. The van der Waals surface area contributed by atoms with E-state index in [4.69, 9.17) is 4.74 Å². The number of esters is 1. The van der Waals surface area contributed by atoms with Crippen molar-refractivity contribution in [2.24, 2.45) is 10.4 Å². The summed E-state index contributed by atoms with van der Waals surface area (Å²) >= 11 is 0. The summed E-state index contributed by atoms with van der Waals surface area (Å²) < 4.78 is 18.1. The molecule has 0 aromatic rings. The lowest BCUT2D eigenvalue weighted by Gasteiger charge is -2.23. The van der Waals surface area contributed by atoms with E-state index in [0.717, 1.165) is 0 Å². The first kappa shape index (κ1) is 11.9. The number of nitrogens with zero attached hydrogens (tertiary/aromatic N) is 1. The molecule has 1 aliphatic rings. The van der Waals surface area contributed by atoms with Crippen LogP contribution in [0.5, 0.6) is 0 Å². The van der Waals surface area contributed by atoms with E-state index in [2.05, 4.69) is 4.99 Å². The van der Waals surface area contributed by atoms with E-state index < -0.39 is 22.9 Å². The normalized spacial score (nSPS) is 19.6. The molecular weight excluding hydrogens is 197 g/mol. The Labute approximate surface area is 89.0 Å².